The maximum atomic E-state index is 13.4. The van der Waals surface area contributed by atoms with Crippen LogP contribution >= 0.6 is 23.4 Å². The maximum absolute atomic E-state index is 13.4. The highest BCUT2D eigenvalue weighted by atomic mass is 35.5. The van der Waals surface area contributed by atoms with Crippen LogP contribution in [0.5, 0.6) is 0 Å². The number of ether oxygens (including phenoxy) is 1. The number of rotatable bonds is 8. The topological polar surface area (TPSA) is 73.2 Å². The van der Waals surface area contributed by atoms with E-state index in [0.29, 0.717) is 45.5 Å². The van der Waals surface area contributed by atoms with Gasteiger partial charge in [-0.25, -0.2) is 4.98 Å². The molecule has 8 heteroatoms. The van der Waals surface area contributed by atoms with Gasteiger partial charge in [0, 0.05) is 29.5 Å². The molecule has 2 heterocycles. The summed E-state index contributed by atoms with van der Waals surface area (Å²) in [5, 5.41) is 4.84. The van der Waals surface area contributed by atoms with E-state index in [1.807, 2.05) is 54.6 Å². The van der Waals surface area contributed by atoms with Crippen LogP contribution in [0.15, 0.2) is 82.7 Å². The smallest absolute Gasteiger partial charge is 0.262 e. The van der Waals surface area contributed by atoms with Gasteiger partial charge >= 0.3 is 0 Å². The number of halogens is 1. The quantitative estimate of drug-likeness (QED) is 0.252. The highest BCUT2D eigenvalue weighted by molar-refractivity contribution is 7.98. The zero-order valence-corrected chi connectivity index (χ0v) is 21.2. The second-order valence-corrected chi connectivity index (χ2v) is 10.1. The van der Waals surface area contributed by atoms with Crippen molar-refractivity contribution in [1.29, 1.82) is 0 Å². The fraction of sp³-hybridized carbons (Fsp3) is 0.250. The summed E-state index contributed by atoms with van der Waals surface area (Å²) in [7, 11) is 0. The Kier molecular flexibility index (Phi) is 7.70. The third-order valence-electron chi connectivity index (χ3n) is 6.15. The summed E-state index contributed by atoms with van der Waals surface area (Å²) < 4.78 is 7.27. The van der Waals surface area contributed by atoms with Gasteiger partial charge in [0.25, 0.3) is 11.5 Å². The van der Waals surface area contributed by atoms with Crippen molar-refractivity contribution in [3.8, 4) is 0 Å². The Morgan fingerprint density at radius 3 is 2.69 bits per heavy atom. The van der Waals surface area contributed by atoms with Gasteiger partial charge in [-0.05, 0) is 60.4 Å². The number of aromatic nitrogens is 2. The molecule has 0 radical (unpaired) electrons. The highest BCUT2D eigenvalue weighted by Gasteiger charge is 2.17. The van der Waals surface area contributed by atoms with Crippen LogP contribution in [0.25, 0.3) is 10.9 Å². The predicted octanol–water partition coefficient (Wildman–Crippen LogP) is 5.30. The minimum Gasteiger partial charge on any atom is -0.376 e. The van der Waals surface area contributed by atoms with Gasteiger partial charge in [0.15, 0.2) is 5.16 Å². The molecule has 36 heavy (non-hydrogen) atoms. The summed E-state index contributed by atoms with van der Waals surface area (Å²) in [6, 6.07) is 22.4. The van der Waals surface area contributed by atoms with E-state index >= 15 is 0 Å². The van der Waals surface area contributed by atoms with Gasteiger partial charge in [-0.1, -0.05) is 59.8 Å². The Hall–Kier alpha value is -3.13. The minimum atomic E-state index is -0.126. The number of amides is 1. The molecule has 3 aromatic carbocycles. The highest BCUT2D eigenvalue weighted by Crippen LogP contribution is 2.24. The van der Waals surface area contributed by atoms with Crippen molar-refractivity contribution in [3.05, 3.63) is 105 Å². The first-order chi connectivity index (χ1) is 17.6. The molecule has 1 aliphatic heterocycles. The average molecular weight is 520 g/mol. The molecule has 1 amide bonds. The Labute approximate surface area is 218 Å². The summed E-state index contributed by atoms with van der Waals surface area (Å²) in [6.45, 7) is 1.63. The van der Waals surface area contributed by atoms with Crippen molar-refractivity contribution in [3.63, 3.8) is 0 Å². The first kappa shape index (κ1) is 24.6. The van der Waals surface area contributed by atoms with Gasteiger partial charge in [-0.3, -0.25) is 14.2 Å². The molecule has 1 aliphatic rings. The molecule has 1 N–H and O–H groups in total. The lowest BCUT2D eigenvalue weighted by atomic mass is 10.1. The van der Waals surface area contributed by atoms with Gasteiger partial charge in [-0.2, -0.15) is 0 Å². The summed E-state index contributed by atoms with van der Waals surface area (Å²) in [5.41, 5.74) is 3.13. The second kappa shape index (κ2) is 11.3. The number of para-hydroxylation sites is 1. The fourth-order valence-electron chi connectivity index (χ4n) is 4.23. The van der Waals surface area contributed by atoms with Crippen molar-refractivity contribution in [2.45, 2.75) is 36.4 Å². The number of benzene rings is 3. The number of thioether (sulfide) groups is 1. The molecule has 6 nitrogen and oxygen atoms in total. The molecule has 4 aromatic rings. The van der Waals surface area contributed by atoms with Crippen LogP contribution in [0.2, 0.25) is 5.02 Å². The van der Waals surface area contributed by atoms with Crippen molar-refractivity contribution in [2.24, 2.45) is 0 Å². The monoisotopic (exact) mass is 519 g/mol. The van der Waals surface area contributed by atoms with Gasteiger partial charge in [-0.15, -0.1) is 0 Å². The molecule has 1 atom stereocenters. The second-order valence-electron chi connectivity index (χ2n) is 8.76. The standard InChI is InChI=1S/C28H26ClN3O3S/c29-22-6-3-5-20(15-22)18-36-28-31-25-9-2-1-8-24(25)27(34)32(28)17-19-10-12-21(13-11-19)26(33)30-16-23-7-4-14-35-23/h1-3,5-6,8-13,15,23H,4,7,14,16-18H2,(H,30,33). The number of hydrogen-bond acceptors (Lipinski definition) is 5. The van der Waals surface area contributed by atoms with E-state index in [1.54, 1.807) is 22.8 Å². The molecule has 0 bridgehead atoms. The Bertz CT molecular complexity index is 1430. The summed E-state index contributed by atoms with van der Waals surface area (Å²) in [6.07, 6.45) is 2.12. The third kappa shape index (κ3) is 5.81. The van der Waals surface area contributed by atoms with Crippen LogP contribution in [0.4, 0.5) is 0 Å². The normalized spacial score (nSPS) is 15.3. The SMILES string of the molecule is O=C(NCC1CCCO1)c1ccc(Cn2c(SCc3cccc(Cl)c3)nc3ccccc3c2=O)cc1. The van der Waals surface area contributed by atoms with E-state index in [0.717, 1.165) is 30.6 Å². The van der Waals surface area contributed by atoms with Crippen LogP contribution in [-0.2, 0) is 17.0 Å². The lowest BCUT2D eigenvalue weighted by Gasteiger charge is -2.14. The Balaban J connectivity index is 1.36. The number of carbonyl (C=O) groups is 1. The van der Waals surface area contributed by atoms with Crippen LogP contribution in [0.3, 0.4) is 0 Å². The molecule has 5 rings (SSSR count). The minimum absolute atomic E-state index is 0.0902. The number of nitrogens with zero attached hydrogens (tertiary/aromatic N) is 2. The van der Waals surface area contributed by atoms with Crippen molar-refractivity contribution in [1.82, 2.24) is 14.9 Å². The Morgan fingerprint density at radius 1 is 1.08 bits per heavy atom. The molecular weight excluding hydrogens is 494 g/mol. The molecule has 184 valence electrons. The molecule has 0 saturated carbocycles. The largest absolute Gasteiger partial charge is 0.376 e. The Morgan fingerprint density at radius 2 is 1.92 bits per heavy atom. The molecule has 1 unspecified atom stereocenters. The number of fused-ring (bicyclic) bond motifs is 1. The van der Waals surface area contributed by atoms with E-state index in [2.05, 4.69) is 5.32 Å². The molecule has 0 spiro atoms. The lowest BCUT2D eigenvalue weighted by molar-refractivity contribution is 0.0858. The van der Waals surface area contributed by atoms with E-state index in [9.17, 15) is 9.59 Å². The number of nitrogens with one attached hydrogen (secondary N) is 1. The molecule has 1 fully saturated rings. The molecule has 1 aromatic heterocycles. The first-order valence-electron chi connectivity index (χ1n) is 11.9. The zero-order chi connectivity index (χ0) is 24.9. The van der Waals surface area contributed by atoms with Crippen molar-refractivity contribution < 1.29 is 9.53 Å². The molecular formula is C28H26ClN3O3S. The third-order valence-corrected chi connectivity index (χ3v) is 7.44. The van der Waals surface area contributed by atoms with Crippen LogP contribution in [0, 0.1) is 0 Å². The molecule has 0 aliphatic carbocycles. The maximum Gasteiger partial charge on any atom is 0.262 e. The van der Waals surface area contributed by atoms with Crippen LogP contribution < -0.4 is 10.9 Å². The average Bonchev–Trinajstić information content (AvgIpc) is 3.42. The molecule has 1 saturated heterocycles. The summed E-state index contributed by atoms with van der Waals surface area (Å²) in [5.74, 6) is 0.508. The van der Waals surface area contributed by atoms with Crippen LogP contribution in [0.1, 0.15) is 34.3 Å². The summed E-state index contributed by atoms with van der Waals surface area (Å²) >= 11 is 7.64. The number of hydrogen-bond donors (Lipinski definition) is 1. The number of carbonyl (C=O) groups excluding carboxylic acids is 1. The van der Waals surface area contributed by atoms with E-state index in [-0.39, 0.29) is 17.6 Å². The van der Waals surface area contributed by atoms with Crippen molar-refractivity contribution in [2.75, 3.05) is 13.2 Å². The van der Waals surface area contributed by atoms with Gasteiger partial charge in [0.2, 0.25) is 0 Å². The fourth-order valence-corrected chi connectivity index (χ4v) is 5.38. The van der Waals surface area contributed by atoms with E-state index < -0.39 is 0 Å². The van der Waals surface area contributed by atoms with Gasteiger partial charge in [0.1, 0.15) is 0 Å². The van der Waals surface area contributed by atoms with Gasteiger partial charge < -0.3 is 10.1 Å². The van der Waals surface area contributed by atoms with E-state index in [1.165, 1.54) is 11.8 Å². The van der Waals surface area contributed by atoms with E-state index in [4.69, 9.17) is 21.3 Å². The van der Waals surface area contributed by atoms with Crippen molar-refractivity contribution >= 4 is 40.2 Å². The predicted molar refractivity (Wildman–Crippen MR) is 144 cm³/mol. The first-order valence-corrected chi connectivity index (χ1v) is 13.3. The zero-order valence-electron chi connectivity index (χ0n) is 19.7. The summed E-state index contributed by atoms with van der Waals surface area (Å²) in [4.78, 5) is 30.7. The van der Waals surface area contributed by atoms with Gasteiger partial charge in [0.05, 0.1) is 23.6 Å². The lowest BCUT2D eigenvalue weighted by Crippen LogP contribution is -2.31. The van der Waals surface area contributed by atoms with Crippen LogP contribution in [-0.4, -0.2) is 34.7 Å².